The molecule has 0 aliphatic carbocycles. The third-order valence-corrected chi connectivity index (χ3v) is 4.85. The zero-order valence-corrected chi connectivity index (χ0v) is 15.1. The first-order chi connectivity index (χ1) is 13.8. The van der Waals surface area contributed by atoms with Gasteiger partial charge in [-0.1, -0.05) is 0 Å². The molecule has 4 aromatic rings. The van der Waals surface area contributed by atoms with Crippen LogP contribution in [0.5, 0.6) is 0 Å². The predicted octanol–water partition coefficient (Wildman–Crippen LogP) is 2.01. The van der Waals surface area contributed by atoms with Gasteiger partial charge in [-0.3, -0.25) is 9.97 Å². The van der Waals surface area contributed by atoms with E-state index in [4.69, 9.17) is 4.74 Å². The van der Waals surface area contributed by atoms with Crippen LogP contribution >= 0.6 is 0 Å². The van der Waals surface area contributed by atoms with Crippen molar-refractivity contribution in [3.05, 3.63) is 65.5 Å². The van der Waals surface area contributed by atoms with Crippen LogP contribution in [0.25, 0.3) is 28.2 Å². The number of fused-ring (bicyclic) bond motifs is 1. The average molecular weight is 374 g/mol. The maximum Gasteiger partial charge on any atom is 0.333 e. The van der Waals surface area contributed by atoms with Gasteiger partial charge >= 0.3 is 5.69 Å². The molecular weight excluding hydrogens is 356 g/mol. The van der Waals surface area contributed by atoms with E-state index in [-0.39, 0.29) is 5.69 Å². The SMILES string of the molecule is O=c1[nH]c2nc(-c3ccncc3)cnc2n1-c1ccc(N2CCOCC2)cc1. The highest BCUT2D eigenvalue weighted by molar-refractivity contribution is 5.72. The predicted molar refractivity (Wildman–Crippen MR) is 106 cm³/mol. The summed E-state index contributed by atoms with van der Waals surface area (Å²) < 4.78 is 6.94. The molecule has 0 saturated carbocycles. The van der Waals surface area contributed by atoms with Crippen molar-refractivity contribution >= 4 is 17.0 Å². The highest BCUT2D eigenvalue weighted by Gasteiger charge is 2.14. The Bertz CT molecular complexity index is 1160. The van der Waals surface area contributed by atoms with Gasteiger partial charge in [0.15, 0.2) is 11.3 Å². The molecule has 1 aliphatic rings. The third kappa shape index (κ3) is 2.93. The zero-order valence-electron chi connectivity index (χ0n) is 15.1. The maximum absolute atomic E-state index is 12.6. The summed E-state index contributed by atoms with van der Waals surface area (Å²) in [7, 11) is 0. The lowest BCUT2D eigenvalue weighted by atomic mass is 10.2. The number of rotatable bonds is 3. The van der Waals surface area contributed by atoms with Crippen LogP contribution in [0.1, 0.15) is 0 Å². The van der Waals surface area contributed by atoms with Crippen molar-refractivity contribution in [1.82, 2.24) is 24.5 Å². The molecule has 28 heavy (non-hydrogen) atoms. The minimum atomic E-state index is -0.263. The van der Waals surface area contributed by atoms with E-state index in [0.717, 1.165) is 43.2 Å². The van der Waals surface area contributed by atoms with Gasteiger partial charge in [0.1, 0.15) is 0 Å². The quantitative estimate of drug-likeness (QED) is 0.590. The highest BCUT2D eigenvalue weighted by Crippen LogP contribution is 2.21. The second-order valence-corrected chi connectivity index (χ2v) is 6.54. The largest absolute Gasteiger partial charge is 0.378 e. The first-order valence-corrected chi connectivity index (χ1v) is 9.11. The van der Waals surface area contributed by atoms with E-state index in [0.29, 0.717) is 17.0 Å². The Labute approximate surface area is 160 Å². The number of nitrogens with zero attached hydrogens (tertiary/aromatic N) is 5. The Morgan fingerprint density at radius 1 is 0.964 bits per heavy atom. The molecule has 8 heteroatoms. The standard InChI is InChI=1S/C20H18N6O2/c27-20-24-18-19(22-13-17(23-18)14-5-7-21-8-6-14)26(20)16-3-1-15(2-4-16)25-9-11-28-12-10-25/h1-8,13H,9-12H2,(H,23,24,27). The fraction of sp³-hybridized carbons (Fsp3) is 0.200. The average Bonchev–Trinajstić information content (AvgIpc) is 3.10. The number of aromatic amines is 1. The van der Waals surface area contributed by atoms with Crippen LogP contribution in [0, 0.1) is 0 Å². The lowest BCUT2D eigenvalue weighted by Crippen LogP contribution is -2.36. The van der Waals surface area contributed by atoms with Crippen LogP contribution in [0.2, 0.25) is 0 Å². The number of H-pyrrole nitrogens is 1. The second-order valence-electron chi connectivity index (χ2n) is 6.54. The molecule has 8 nitrogen and oxygen atoms in total. The van der Waals surface area contributed by atoms with Gasteiger partial charge in [-0.05, 0) is 36.4 Å². The van der Waals surface area contributed by atoms with E-state index < -0.39 is 0 Å². The molecule has 0 spiro atoms. The molecule has 1 aliphatic heterocycles. The zero-order chi connectivity index (χ0) is 18.9. The molecular formula is C20H18N6O2. The molecule has 1 saturated heterocycles. The van der Waals surface area contributed by atoms with Gasteiger partial charge in [-0.25, -0.2) is 19.3 Å². The van der Waals surface area contributed by atoms with Crippen molar-refractivity contribution in [3.8, 4) is 16.9 Å². The molecule has 140 valence electrons. The number of aromatic nitrogens is 5. The van der Waals surface area contributed by atoms with Crippen molar-refractivity contribution in [3.63, 3.8) is 0 Å². The number of hydrogen-bond donors (Lipinski definition) is 1. The van der Waals surface area contributed by atoms with Crippen LogP contribution in [-0.2, 0) is 4.74 Å². The lowest BCUT2D eigenvalue weighted by molar-refractivity contribution is 0.122. The lowest BCUT2D eigenvalue weighted by Gasteiger charge is -2.28. The normalized spacial score (nSPS) is 14.5. The molecule has 1 N–H and O–H groups in total. The highest BCUT2D eigenvalue weighted by atomic mass is 16.5. The molecule has 1 fully saturated rings. The molecule has 5 rings (SSSR count). The van der Waals surface area contributed by atoms with E-state index in [2.05, 4.69) is 24.8 Å². The van der Waals surface area contributed by atoms with E-state index >= 15 is 0 Å². The van der Waals surface area contributed by atoms with Crippen LogP contribution in [0.15, 0.2) is 59.8 Å². The Kier molecular flexibility index (Phi) is 4.10. The van der Waals surface area contributed by atoms with Crippen LogP contribution in [0.3, 0.4) is 0 Å². The molecule has 0 unspecified atom stereocenters. The first-order valence-electron chi connectivity index (χ1n) is 9.11. The number of pyridine rings is 1. The van der Waals surface area contributed by atoms with E-state index in [9.17, 15) is 4.79 Å². The Balaban J connectivity index is 1.52. The number of nitrogens with one attached hydrogen (secondary N) is 1. The Morgan fingerprint density at radius 2 is 1.68 bits per heavy atom. The molecule has 1 aromatic carbocycles. The Hall–Kier alpha value is -3.52. The minimum Gasteiger partial charge on any atom is -0.378 e. The second kappa shape index (κ2) is 6.90. The molecule has 0 radical (unpaired) electrons. The summed E-state index contributed by atoms with van der Waals surface area (Å²) in [5.41, 5.74) is 4.14. The Morgan fingerprint density at radius 3 is 2.43 bits per heavy atom. The van der Waals surface area contributed by atoms with Gasteiger partial charge in [0.25, 0.3) is 0 Å². The topological polar surface area (TPSA) is 88.9 Å². The third-order valence-electron chi connectivity index (χ3n) is 4.85. The van der Waals surface area contributed by atoms with Gasteiger partial charge < -0.3 is 9.64 Å². The first kappa shape index (κ1) is 16.6. The fourth-order valence-corrected chi connectivity index (χ4v) is 3.42. The van der Waals surface area contributed by atoms with Crippen molar-refractivity contribution < 1.29 is 4.74 Å². The number of ether oxygens (including phenoxy) is 1. The molecule has 3 aromatic heterocycles. The molecule has 0 amide bonds. The summed E-state index contributed by atoms with van der Waals surface area (Å²) in [6.07, 6.45) is 5.07. The van der Waals surface area contributed by atoms with Gasteiger partial charge in [0, 0.05) is 36.7 Å². The number of imidazole rings is 1. The maximum atomic E-state index is 12.6. The summed E-state index contributed by atoms with van der Waals surface area (Å²) in [6, 6.07) is 11.6. The summed E-state index contributed by atoms with van der Waals surface area (Å²) in [6.45, 7) is 3.21. The molecule has 0 bridgehead atoms. The number of benzene rings is 1. The fourth-order valence-electron chi connectivity index (χ4n) is 3.42. The number of morpholine rings is 1. The van der Waals surface area contributed by atoms with Crippen molar-refractivity contribution in [2.45, 2.75) is 0 Å². The number of anilines is 1. The minimum absolute atomic E-state index is 0.263. The van der Waals surface area contributed by atoms with Crippen molar-refractivity contribution in [2.24, 2.45) is 0 Å². The van der Waals surface area contributed by atoms with Crippen LogP contribution < -0.4 is 10.6 Å². The van der Waals surface area contributed by atoms with Crippen molar-refractivity contribution in [1.29, 1.82) is 0 Å². The summed E-state index contributed by atoms with van der Waals surface area (Å²) in [5, 5.41) is 0. The van der Waals surface area contributed by atoms with Crippen LogP contribution in [0.4, 0.5) is 5.69 Å². The van der Waals surface area contributed by atoms with Gasteiger partial charge in [-0.2, -0.15) is 0 Å². The summed E-state index contributed by atoms with van der Waals surface area (Å²) in [5.74, 6) is 0. The molecule has 4 heterocycles. The van der Waals surface area contributed by atoms with Gasteiger partial charge in [-0.15, -0.1) is 0 Å². The summed E-state index contributed by atoms with van der Waals surface area (Å²) in [4.78, 5) is 30.7. The monoisotopic (exact) mass is 374 g/mol. The summed E-state index contributed by atoms with van der Waals surface area (Å²) >= 11 is 0. The smallest absolute Gasteiger partial charge is 0.333 e. The number of hydrogen-bond acceptors (Lipinski definition) is 6. The molecule has 0 atom stereocenters. The van der Waals surface area contributed by atoms with Crippen molar-refractivity contribution in [2.75, 3.05) is 31.2 Å². The van der Waals surface area contributed by atoms with Gasteiger partial charge in [0.2, 0.25) is 0 Å². The van der Waals surface area contributed by atoms with Gasteiger partial charge in [0.05, 0.1) is 30.8 Å². The van der Waals surface area contributed by atoms with Crippen LogP contribution in [-0.4, -0.2) is 50.8 Å². The van der Waals surface area contributed by atoms with E-state index in [1.165, 1.54) is 0 Å². The van der Waals surface area contributed by atoms with E-state index in [1.54, 1.807) is 23.2 Å². The van der Waals surface area contributed by atoms with E-state index in [1.807, 2.05) is 36.4 Å².